The summed E-state index contributed by atoms with van der Waals surface area (Å²) in [4.78, 5) is 23.8. The summed E-state index contributed by atoms with van der Waals surface area (Å²) in [6, 6.07) is 0. The van der Waals surface area contributed by atoms with Gasteiger partial charge in [0.25, 0.3) is 0 Å². The van der Waals surface area contributed by atoms with Crippen LogP contribution in [0, 0.1) is 0 Å². The van der Waals surface area contributed by atoms with Crippen molar-refractivity contribution in [3.8, 4) is 0 Å². The molecule has 1 aromatic rings. The number of hydrogen-bond acceptors (Lipinski definition) is 4. The first-order valence-corrected chi connectivity index (χ1v) is 9.83. The van der Waals surface area contributed by atoms with Gasteiger partial charge in [0.15, 0.2) is 0 Å². The van der Waals surface area contributed by atoms with Crippen molar-refractivity contribution >= 4 is 75.7 Å². The minimum absolute atomic E-state index is 0.123. The summed E-state index contributed by atoms with van der Waals surface area (Å²) in [5, 5.41) is 19.1. The fraction of sp³-hybridized carbons (Fsp3) is 0.429. The number of carbonyl (C=O) groups is 2. The van der Waals surface area contributed by atoms with Crippen LogP contribution in [-0.2, 0) is 4.74 Å². The van der Waals surface area contributed by atoms with E-state index in [0.29, 0.717) is 15.4 Å². The molecule has 1 unspecified atom stereocenters. The molecule has 0 bridgehead atoms. The lowest BCUT2D eigenvalue weighted by atomic mass is 10.1. The number of rotatable bonds is 7. The molecule has 0 aliphatic rings. The van der Waals surface area contributed by atoms with Crippen LogP contribution in [0.15, 0.2) is 17.9 Å². The molecule has 0 saturated heterocycles. The van der Waals surface area contributed by atoms with Crippen LogP contribution in [0.2, 0.25) is 0 Å². The number of aromatic carboxylic acids is 1. The summed E-state index contributed by atoms with van der Waals surface area (Å²) < 4.78 is 6.49. The molecule has 0 heterocycles. The van der Waals surface area contributed by atoms with Crippen molar-refractivity contribution in [3.05, 3.63) is 29.0 Å². The normalized spacial score (nSPS) is 12.1. The second-order valence-electron chi connectivity index (χ2n) is 4.71. The topological polar surface area (TPSA) is 83.8 Å². The molecule has 1 atom stereocenters. The maximum absolute atomic E-state index is 12.3. The van der Waals surface area contributed by atoms with Crippen molar-refractivity contribution in [1.29, 1.82) is 0 Å². The third-order valence-electron chi connectivity index (χ3n) is 2.98. The molecule has 0 spiro atoms. The zero-order valence-electron chi connectivity index (χ0n) is 12.0. The van der Waals surface area contributed by atoms with Crippen molar-refractivity contribution in [2.75, 3.05) is 6.61 Å². The van der Waals surface area contributed by atoms with Gasteiger partial charge in [-0.15, -0.1) is 0 Å². The molecule has 23 heavy (non-hydrogen) atoms. The molecule has 5 nitrogen and oxygen atoms in total. The van der Waals surface area contributed by atoms with Crippen LogP contribution in [0.4, 0.5) is 0 Å². The Bertz CT molecular complexity index is 618. The standard InChI is InChI=1S/C14H14Br4O5/c1-2-3-4-6(19)5-23-14(22)8-7(13(20)21)9(15)11(17)12(18)10(8)16/h6,19H,2-5H2,1H3,(H,20,21). The lowest BCUT2D eigenvalue weighted by Gasteiger charge is -2.15. The largest absolute Gasteiger partial charge is 0.478 e. The Morgan fingerprint density at radius 1 is 1.04 bits per heavy atom. The monoisotopic (exact) mass is 578 g/mol. The Morgan fingerprint density at radius 3 is 2.04 bits per heavy atom. The molecule has 0 fully saturated rings. The Kier molecular flexibility index (Phi) is 8.71. The van der Waals surface area contributed by atoms with Crippen molar-refractivity contribution in [3.63, 3.8) is 0 Å². The average Bonchev–Trinajstić information content (AvgIpc) is 2.51. The maximum atomic E-state index is 12.3. The smallest absolute Gasteiger partial charge is 0.340 e. The van der Waals surface area contributed by atoms with Crippen LogP contribution in [0.1, 0.15) is 46.9 Å². The van der Waals surface area contributed by atoms with Crippen LogP contribution in [0.3, 0.4) is 0 Å². The average molecular weight is 582 g/mol. The molecule has 9 heteroatoms. The van der Waals surface area contributed by atoms with E-state index < -0.39 is 18.0 Å². The predicted octanol–water partition coefficient (Wildman–Crippen LogP) is 5.14. The molecule has 0 aliphatic carbocycles. The van der Waals surface area contributed by atoms with Gasteiger partial charge < -0.3 is 14.9 Å². The van der Waals surface area contributed by atoms with E-state index in [4.69, 9.17) is 4.74 Å². The molecular formula is C14H14Br4O5. The molecule has 1 aromatic carbocycles. The Labute approximate surface area is 167 Å². The number of aliphatic hydroxyl groups is 1. The van der Waals surface area contributed by atoms with Gasteiger partial charge in [-0.25, -0.2) is 9.59 Å². The van der Waals surface area contributed by atoms with E-state index in [1.807, 2.05) is 6.92 Å². The number of esters is 1. The van der Waals surface area contributed by atoms with E-state index in [9.17, 15) is 19.8 Å². The molecule has 128 valence electrons. The maximum Gasteiger partial charge on any atom is 0.340 e. The van der Waals surface area contributed by atoms with Crippen molar-refractivity contribution < 1.29 is 24.5 Å². The van der Waals surface area contributed by atoms with E-state index in [2.05, 4.69) is 63.7 Å². The van der Waals surface area contributed by atoms with Crippen molar-refractivity contribution in [1.82, 2.24) is 0 Å². The number of ether oxygens (including phenoxy) is 1. The van der Waals surface area contributed by atoms with Gasteiger partial charge in [0, 0.05) is 17.9 Å². The lowest BCUT2D eigenvalue weighted by molar-refractivity contribution is 0.0229. The highest BCUT2D eigenvalue weighted by Gasteiger charge is 2.29. The van der Waals surface area contributed by atoms with Gasteiger partial charge in [-0.3, -0.25) is 0 Å². The number of unbranched alkanes of at least 4 members (excludes halogenated alkanes) is 1. The Balaban J connectivity index is 3.11. The summed E-state index contributed by atoms with van der Waals surface area (Å²) >= 11 is 12.9. The first-order chi connectivity index (χ1) is 10.7. The number of aliphatic hydroxyl groups excluding tert-OH is 1. The van der Waals surface area contributed by atoms with E-state index in [1.165, 1.54) is 0 Å². The molecule has 0 aliphatic heterocycles. The number of carboxylic acids is 1. The second-order valence-corrected chi connectivity index (χ2v) is 7.88. The van der Waals surface area contributed by atoms with Gasteiger partial charge in [0.05, 0.1) is 17.2 Å². The third kappa shape index (κ3) is 5.26. The SMILES string of the molecule is CCCCC(O)COC(=O)c1c(Br)c(Br)c(Br)c(Br)c1C(=O)O. The van der Waals surface area contributed by atoms with Crippen LogP contribution >= 0.6 is 63.7 Å². The molecule has 0 amide bonds. The molecular weight excluding hydrogens is 568 g/mol. The molecule has 0 aromatic heterocycles. The van der Waals surface area contributed by atoms with E-state index in [1.54, 1.807) is 0 Å². The third-order valence-corrected chi connectivity index (χ3v) is 7.75. The number of halogens is 4. The quantitative estimate of drug-likeness (QED) is 0.265. The van der Waals surface area contributed by atoms with Crippen LogP contribution in [-0.4, -0.2) is 34.9 Å². The van der Waals surface area contributed by atoms with E-state index in [0.717, 1.165) is 12.8 Å². The number of benzene rings is 1. The van der Waals surface area contributed by atoms with Gasteiger partial charge in [0.1, 0.15) is 6.61 Å². The first kappa shape index (κ1) is 21.1. The molecule has 1 rings (SSSR count). The molecule has 0 radical (unpaired) electrons. The summed E-state index contributed by atoms with van der Waals surface area (Å²) in [7, 11) is 0. The summed E-state index contributed by atoms with van der Waals surface area (Å²) in [5.74, 6) is -2.09. The fourth-order valence-corrected chi connectivity index (χ4v) is 4.24. The summed E-state index contributed by atoms with van der Waals surface area (Å²) in [6.45, 7) is 1.81. The minimum atomic E-state index is -1.27. The van der Waals surface area contributed by atoms with Crippen molar-refractivity contribution in [2.24, 2.45) is 0 Å². The van der Waals surface area contributed by atoms with Gasteiger partial charge in [0.2, 0.25) is 0 Å². The van der Waals surface area contributed by atoms with Crippen LogP contribution in [0.5, 0.6) is 0 Å². The highest BCUT2D eigenvalue weighted by atomic mass is 79.9. The van der Waals surface area contributed by atoms with E-state index >= 15 is 0 Å². The van der Waals surface area contributed by atoms with Gasteiger partial charge in [-0.2, -0.15) is 0 Å². The molecule has 2 N–H and O–H groups in total. The van der Waals surface area contributed by atoms with Crippen LogP contribution < -0.4 is 0 Å². The minimum Gasteiger partial charge on any atom is -0.478 e. The number of hydrogen-bond donors (Lipinski definition) is 2. The molecule has 0 saturated carbocycles. The fourth-order valence-electron chi connectivity index (χ4n) is 1.79. The Morgan fingerprint density at radius 2 is 1.57 bits per heavy atom. The predicted molar refractivity (Wildman–Crippen MR) is 100 cm³/mol. The Hall–Kier alpha value is 0.0400. The number of carbonyl (C=O) groups excluding carboxylic acids is 1. The highest BCUT2D eigenvalue weighted by molar-refractivity contribution is 9.15. The highest BCUT2D eigenvalue weighted by Crippen LogP contribution is 2.42. The van der Waals surface area contributed by atoms with Gasteiger partial charge in [-0.05, 0) is 70.1 Å². The first-order valence-electron chi connectivity index (χ1n) is 6.66. The lowest BCUT2D eigenvalue weighted by Crippen LogP contribution is -2.21. The second kappa shape index (κ2) is 9.50. The summed E-state index contributed by atoms with van der Waals surface area (Å²) in [5.41, 5.74) is -0.345. The summed E-state index contributed by atoms with van der Waals surface area (Å²) in [6.07, 6.45) is 1.49. The van der Waals surface area contributed by atoms with Crippen molar-refractivity contribution in [2.45, 2.75) is 32.3 Å². The van der Waals surface area contributed by atoms with E-state index in [-0.39, 0.29) is 26.7 Å². The number of carboxylic acid groups (broad SMARTS) is 1. The van der Waals surface area contributed by atoms with Gasteiger partial charge >= 0.3 is 11.9 Å². The zero-order valence-corrected chi connectivity index (χ0v) is 18.4. The zero-order chi connectivity index (χ0) is 17.7. The van der Waals surface area contributed by atoms with Crippen LogP contribution in [0.25, 0.3) is 0 Å². The van der Waals surface area contributed by atoms with Gasteiger partial charge in [-0.1, -0.05) is 19.8 Å².